The largest absolute Gasteiger partial charge is 0.451 e. The van der Waals surface area contributed by atoms with Gasteiger partial charge in [-0.1, -0.05) is 30.3 Å². The number of benzene rings is 1. The molecule has 7 heteroatoms. The predicted octanol–water partition coefficient (Wildman–Crippen LogP) is 1.43. The standard InChI is InChI=1S/C18H25N3O4/c1-12(21(3)11-14-7-5-4-6-8-14)17(23)25-13(2)16(22)20-18(24)19-15-9-10-15/h4-8,12-13,15H,9-11H2,1-3H3,(H2,19,20,22,24). The summed E-state index contributed by atoms with van der Waals surface area (Å²) in [7, 11) is 1.81. The van der Waals surface area contributed by atoms with Gasteiger partial charge in [0.25, 0.3) is 5.91 Å². The van der Waals surface area contributed by atoms with E-state index < -0.39 is 30.1 Å². The topological polar surface area (TPSA) is 87.7 Å². The second-order valence-electron chi connectivity index (χ2n) is 6.39. The van der Waals surface area contributed by atoms with Crippen LogP contribution in [0.4, 0.5) is 4.79 Å². The van der Waals surface area contributed by atoms with Crippen molar-refractivity contribution in [2.45, 2.75) is 51.4 Å². The normalized spacial score (nSPS) is 16.0. The quantitative estimate of drug-likeness (QED) is 0.729. The monoisotopic (exact) mass is 347 g/mol. The first-order valence-corrected chi connectivity index (χ1v) is 8.43. The summed E-state index contributed by atoms with van der Waals surface area (Å²) in [4.78, 5) is 37.5. The molecule has 0 radical (unpaired) electrons. The fourth-order valence-corrected chi connectivity index (χ4v) is 2.18. The molecule has 0 aromatic heterocycles. The number of nitrogens with one attached hydrogen (secondary N) is 2. The third kappa shape index (κ3) is 6.19. The fourth-order valence-electron chi connectivity index (χ4n) is 2.18. The first-order chi connectivity index (χ1) is 11.9. The van der Waals surface area contributed by atoms with Crippen LogP contribution in [-0.2, 0) is 20.9 Å². The highest BCUT2D eigenvalue weighted by atomic mass is 16.5. The molecule has 25 heavy (non-hydrogen) atoms. The van der Waals surface area contributed by atoms with Crippen LogP contribution in [0.2, 0.25) is 0 Å². The molecule has 2 rings (SSSR count). The van der Waals surface area contributed by atoms with Crippen molar-refractivity contribution in [2.75, 3.05) is 7.05 Å². The molecule has 1 aromatic rings. The third-order valence-corrected chi connectivity index (χ3v) is 4.09. The second-order valence-corrected chi connectivity index (χ2v) is 6.39. The molecule has 2 N–H and O–H groups in total. The highest BCUT2D eigenvalue weighted by Gasteiger charge is 2.27. The molecule has 1 aromatic carbocycles. The van der Waals surface area contributed by atoms with Crippen LogP contribution < -0.4 is 10.6 Å². The molecule has 2 atom stereocenters. The van der Waals surface area contributed by atoms with Gasteiger partial charge in [0.15, 0.2) is 6.10 Å². The summed E-state index contributed by atoms with van der Waals surface area (Å²) in [6.45, 7) is 3.75. The van der Waals surface area contributed by atoms with Gasteiger partial charge in [0.1, 0.15) is 6.04 Å². The van der Waals surface area contributed by atoms with E-state index in [0.717, 1.165) is 18.4 Å². The van der Waals surface area contributed by atoms with E-state index in [1.54, 1.807) is 6.92 Å². The van der Waals surface area contributed by atoms with Gasteiger partial charge in [-0.25, -0.2) is 4.79 Å². The van der Waals surface area contributed by atoms with Gasteiger partial charge in [0.2, 0.25) is 0 Å². The number of amides is 3. The molecule has 1 aliphatic rings. The summed E-state index contributed by atoms with van der Waals surface area (Å²) in [6, 6.07) is 8.83. The van der Waals surface area contributed by atoms with E-state index in [0.29, 0.717) is 6.54 Å². The Morgan fingerprint density at radius 2 is 1.84 bits per heavy atom. The van der Waals surface area contributed by atoms with E-state index in [2.05, 4.69) is 10.6 Å². The van der Waals surface area contributed by atoms with Crippen LogP contribution in [0, 0.1) is 0 Å². The van der Waals surface area contributed by atoms with Crippen molar-refractivity contribution in [2.24, 2.45) is 0 Å². The van der Waals surface area contributed by atoms with Gasteiger partial charge in [-0.3, -0.25) is 19.8 Å². The Bertz CT molecular complexity index is 616. The number of carbonyl (C=O) groups is 3. The van der Waals surface area contributed by atoms with E-state index in [9.17, 15) is 14.4 Å². The third-order valence-electron chi connectivity index (χ3n) is 4.09. The average Bonchev–Trinajstić information content (AvgIpc) is 3.38. The van der Waals surface area contributed by atoms with Crippen molar-refractivity contribution < 1.29 is 19.1 Å². The number of hydrogen-bond donors (Lipinski definition) is 2. The maximum atomic E-state index is 12.2. The number of nitrogens with zero attached hydrogens (tertiary/aromatic N) is 1. The highest BCUT2D eigenvalue weighted by molar-refractivity contribution is 5.97. The minimum atomic E-state index is -1.04. The molecular weight excluding hydrogens is 322 g/mol. The Balaban J connectivity index is 1.78. The summed E-state index contributed by atoms with van der Waals surface area (Å²) in [5.41, 5.74) is 1.08. The molecule has 1 saturated carbocycles. The number of esters is 1. The lowest BCUT2D eigenvalue weighted by atomic mass is 10.2. The van der Waals surface area contributed by atoms with Gasteiger partial charge >= 0.3 is 12.0 Å². The zero-order chi connectivity index (χ0) is 18.4. The van der Waals surface area contributed by atoms with Gasteiger partial charge in [-0.2, -0.15) is 0 Å². The molecule has 0 saturated heterocycles. The summed E-state index contributed by atoms with van der Waals surface area (Å²) >= 11 is 0. The number of rotatable bonds is 7. The Morgan fingerprint density at radius 3 is 2.44 bits per heavy atom. The first-order valence-electron chi connectivity index (χ1n) is 8.43. The highest BCUT2D eigenvalue weighted by Crippen LogP contribution is 2.18. The predicted molar refractivity (Wildman–Crippen MR) is 92.6 cm³/mol. The van der Waals surface area contributed by atoms with Crippen LogP contribution >= 0.6 is 0 Å². The van der Waals surface area contributed by atoms with Crippen LogP contribution in [0.5, 0.6) is 0 Å². The molecule has 0 spiro atoms. The van der Waals surface area contributed by atoms with Crippen LogP contribution in [0.3, 0.4) is 0 Å². The number of carbonyl (C=O) groups excluding carboxylic acids is 3. The summed E-state index contributed by atoms with van der Waals surface area (Å²) < 4.78 is 5.18. The average molecular weight is 347 g/mol. The summed E-state index contributed by atoms with van der Waals surface area (Å²) in [5, 5.41) is 4.83. The van der Waals surface area contributed by atoms with Crippen molar-refractivity contribution in [1.29, 1.82) is 0 Å². The smallest absolute Gasteiger partial charge is 0.323 e. The minimum Gasteiger partial charge on any atom is -0.451 e. The number of imide groups is 1. The number of likely N-dealkylation sites (N-methyl/N-ethyl adjacent to an activating group) is 1. The minimum absolute atomic E-state index is 0.150. The number of hydrogen-bond acceptors (Lipinski definition) is 5. The first kappa shape index (κ1) is 18.9. The van der Waals surface area contributed by atoms with E-state index in [1.165, 1.54) is 6.92 Å². The van der Waals surface area contributed by atoms with Crippen LogP contribution in [0.1, 0.15) is 32.3 Å². The lowest BCUT2D eigenvalue weighted by molar-refractivity contribution is -0.158. The lowest BCUT2D eigenvalue weighted by Crippen LogP contribution is -2.47. The number of ether oxygens (including phenoxy) is 1. The Hall–Kier alpha value is -2.41. The Labute approximate surface area is 147 Å². The SMILES string of the molecule is CC(OC(=O)C(C)N(C)Cc1ccccc1)C(=O)NC(=O)NC1CC1. The molecule has 1 aliphatic carbocycles. The number of urea groups is 1. The van der Waals surface area contributed by atoms with Crippen LogP contribution in [0.25, 0.3) is 0 Å². The molecule has 7 nitrogen and oxygen atoms in total. The second kappa shape index (κ2) is 8.62. The summed E-state index contributed by atoms with van der Waals surface area (Å²) in [6.07, 6.45) is 0.819. The molecule has 0 bridgehead atoms. The van der Waals surface area contributed by atoms with Gasteiger partial charge in [-0.05, 0) is 39.3 Å². The zero-order valence-corrected chi connectivity index (χ0v) is 14.8. The van der Waals surface area contributed by atoms with E-state index in [1.807, 2.05) is 42.3 Å². The molecule has 0 heterocycles. The molecule has 3 amide bonds. The van der Waals surface area contributed by atoms with E-state index in [4.69, 9.17) is 4.74 Å². The van der Waals surface area contributed by atoms with Gasteiger partial charge < -0.3 is 10.1 Å². The van der Waals surface area contributed by atoms with Crippen molar-refractivity contribution in [1.82, 2.24) is 15.5 Å². The molecular formula is C18H25N3O4. The molecule has 136 valence electrons. The van der Waals surface area contributed by atoms with E-state index in [-0.39, 0.29) is 6.04 Å². The van der Waals surface area contributed by atoms with Crippen molar-refractivity contribution in [3.63, 3.8) is 0 Å². The van der Waals surface area contributed by atoms with Crippen LogP contribution in [-0.4, -0.2) is 48.0 Å². The molecule has 1 fully saturated rings. The summed E-state index contributed by atoms with van der Waals surface area (Å²) in [5.74, 6) is -1.15. The molecule has 0 aliphatic heterocycles. The zero-order valence-electron chi connectivity index (χ0n) is 14.8. The maximum absolute atomic E-state index is 12.2. The van der Waals surface area contributed by atoms with Gasteiger partial charge in [0.05, 0.1) is 0 Å². The fraction of sp³-hybridized carbons (Fsp3) is 0.500. The maximum Gasteiger partial charge on any atom is 0.323 e. The molecule has 2 unspecified atom stereocenters. The lowest BCUT2D eigenvalue weighted by Gasteiger charge is -2.24. The van der Waals surface area contributed by atoms with Crippen LogP contribution in [0.15, 0.2) is 30.3 Å². The van der Waals surface area contributed by atoms with Crippen molar-refractivity contribution in [3.8, 4) is 0 Å². The Kier molecular flexibility index (Phi) is 6.52. The van der Waals surface area contributed by atoms with Gasteiger partial charge in [-0.15, -0.1) is 0 Å². The van der Waals surface area contributed by atoms with Crippen molar-refractivity contribution in [3.05, 3.63) is 35.9 Å². The van der Waals surface area contributed by atoms with E-state index >= 15 is 0 Å². The van der Waals surface area contributed by atoms with Crippen molar-refractivity contribution >= 4 is 17.9 Å². The van der Waals surface area contributed by atoms with Gasteiger partial charge in [0, 0.05) is 12.6 Å². The Morgan fingerprint density at radius 1 is 1.20 bits per heavy atom.